The van der Waals surface area contributed by atoms with Crippen LogP contribution in [0.5, 0.6) is 0 Å². The molecule has 128 valence electrons. The van der Waals surface area contributed by atoms with E-state index in [1.54, 1.807) is 4.90 Å². The molecule has 2 atom stereocenters. The molecule has 4 heteroatoms. The van der Waals surface area contributed by atoms with Gasteiger partial charge >= 0.3 is 6.09 Å². The molecule has 1 heterocycles. The average Bonchev–Trinajstić information content (AvgIpc) is 2.91. The van der Waals surface area contributed by atoms with Crippen LogP contribution in [0.4, 0.5) is 4.79 Å². The molecule has 2 unspecified atom stereocenters. The van der Waals surface area contributed by atoms with E-state index in [0.29, 0.717) is 12.5 Å². The van der Waals surface area contributed by atoms with Crippen LogP contribution >= 0.6 is 0 Å². The molecule has 0 spiro atoms. The van der Waals surface area contributed by atoms with Gasteiger partial charge in [-0.05, 0) is 70.1 Å². The third kappa shape index (κ3) is 4.96. The number of carbonyl (C=O) groups is 1. The highest BCUT2D eigenvalue weighted by Crippen LogP contribution is 2.23. The van der Waals surface area contributed by atoms with Crippen LogP contribution in [-0.4, -0.2) is 35.7 Å². The van der Waals surface area contributed by atoms with Crippen molar-refractivity contribution in [3.63, 3.8) is 0 Å². The first-order chi connectivity index (χ1) is 10.7. The number of likely N-dealkylation sites (tertiary alicyclic amines) is 1. The fourth-order valence-corrected chi connectivity index (χ4v) is 3.00. The molecule has 2 N–H and O–H groups in total. The minimum Gasteiger partial charge on any atom is -0.444 e. The van der Waals surface area contributed by atoms with Crippen molar-refractivity contribution in [3.8, 4) is 0 Å². The summed E-state index contributed by atoms with van der Waals surface area (Å²) < 4.78 is 5.44. The van der Waals surface area contributed by atoms with Gasteiger partial charge in [-0.25, -0.2) is 4.79 Å². The third-order valence-corrected chi connectivity index (χ3v) is 4.52. The number of rotatable bonds is 3. The van der Waals surface area contributed by atoms with Crippen molar-refractivity contribution in [2.45, 2.75) is 59.1 Å². The predicted molar refractivity (Wildman–Crippen MR) is 93.5 cm³/mol. The van der Waals surface area contributed by atoms with Gasteiger partial charge in [0.15, 0.2) is 0 Å². The Morgan fingerprint density at radius 3 is 2.65 bits per heavy atom. The SMILES string of the molecule is Cc1ccc(CC(N)C2CCN(C(=O)OC(C)(C)C)C2)cc1C. The second-order valence-corrected chi connectivity index (χ2v) is 7.76. The number of carbonyl (C=O) groups excluding carboxylic acids is 1. The van der Waals surface area contributed by atoms with Crippen LogP contribution in [-0.2, 0) is 11.2 Å². The maximum atomic E-state index is 12.1. The van der Waals surface area contributed by atoms with Crippen LogP contribution in [0.3, 0.4) is 0 Å². The van der Waals surface area contributed by atoms with Crippen molar-refractivity contribution in [2.75, 3.05) is 13.1 Å². The zero-order valence-corrected chi connectivity index (χ0v) is 15.1. The number of nitrogens with two attached hydrogens (primary N) is 1. The summed E-state index contributed by atoms with van der Waals surface area (Å²) in [5, 5.41) is 0. The molecule has 1 aromatic carbocycles. The zero-order chi connectivity index (χ0) is 17.2. The van der Waals surface area contributed by atoms with E-state index < -0.39 is 5.60 Å². The first-order valence-electron chi connectivity index (χ1n) is 8.45. The van der Waals surface area contributed by atoms with Crippen LogP contribution in [0, 0.1) is 19.8 Å². The molecule has 4 nitrogen and oxygen atoms in total. The molecule has 0 saturated carbocycles. The molecule has 23 heavy (non-hydrogen) atoms. The summed E-state index contributed by atoms with van der Waals surface area (Å²) in [7, 11) is 0. The Morgan fingerprint density at radius 2 is 2.04 bits per heavy atom. The van der Waals surface area contributed by atoms with Crippen LogP contribution in [0.15, 0.2) is 18.2 Å². The van der Waals surface area contributed by atoms with Gasteiger partial charge in [-0.2, -0.15) is 0 Å². The standard InChI is InChI=1S/C19H30N2O2/c1-13-6-7-15(10-14(13)2)11-17(20)16-8-9-21(12-16)18(22)23-19(3,4)5/h6-7,10,16-17H,8-9,11-12,20H2,1-5H3. The zero-order valence-electron chi connectivity index (χ0n) is 15.1. The summed E-state index contributed by atoms with van der Waals surface area (Å²) in [6.07, 6.45) is 1.58. The average molecular weight is 318 g/mol. The predicted octanol–water partition coefficient (Wildman–Crippen LogP) is 3.43. The van der Waals surface area contributed by atoms with Gasteiger partial charge in [0.2, 0.25) is 0 Å². The summed E-state index contributed by atoms with van der Waals surface area (Å²) >= 11 is 0. The fraction of sp³-hybridized carbons (Fsp3) is 0.632. The first-order valence-corrected chi connectivity index (χ1v) is 8.45. The van der Waals surface area contributed by atoms with Gasteiger partial charge in [-0.3, -0.25) is 0 Å². The lowest BCUT2D eigenvalue weighted by Gasteiger charge is -2.25. The molecule has 1 fully saturated rings. The van der Waals surface area contributed by atoms with E-state index in [1.807, 2.05) is 20.8 Å². The number of amides is 1. The Balaban J connectivity index is 1.90. The quantitative estimate of drug-likeness (QED) is 0.929. The van der Waals surface area contributed by atoms with Gasteiger partial charge in [0.1, 0.15) is 5.60 Å². The summed E-state index contributed by atoms with van der Waals surface area (Å²) in [5.41, 5.74) is 9.84. The number of hydrogen-bond acceptors (Lipinski definition) is 3. The van der Waals surface area contributed by atoms with E-state index in [9.17, 15) is 4.79 Å². The smallest absolute Gasteiger partial charge is 0.410 e. The van der Waals surface area contributed by atoms with Gasteiger partial charge in [0, 0.05) is 19.1 Å². The Kier molecular flexibility index (Phi) is 5.35. The highest BCUT2D eigenvalue weighted by molar-refractivity contribution is 5.68. The molecular formula is C19H30N2O2. The molecule has 2 rings (SSSR count). The van der Waals surface area contributed by atoms with Crippen molar-refractivity contribution in [3.05, 3.63) is 34.9 Å². The van der Waals surface area contributed by atoms with Crippen LogP contribution in [0.2, 0.25) is 0 Å². The number of nitrogens with zero attached hydrogens (tertiary/aromatic N) is 1. The van der Waals surface area contributed by atoms with E-state index in [2.05, 4.69) is 32.0 Å². The molecule has 1 aliphatic rings. The molecule has 1 amide bonds. The Morgan fingerprint density at radius 1 is 1.35 bits per heavy atom. The van der Waals surface area contributed by atoms with E-state index >= 15 is 0 Å². The maximum absolute atomic E-state index is 12.1. The highest BCUT2D eigenvalue weighted by atomic mass is 16.6. The molecule has 1 aliphatic heterocycles. The molecule has 0 aliphatic carbocycles. The Hall–Kier alpha value is -1.55. The van der Waals surface area contributed by atoms with E-state index in [0.717, 1.165) is 19.4 Å². The fourth-order valence-electron chi connectivity index (χ4n) is 3.00. The van der Waals surface area contributed by atoms with Gasteiger partial charge in [0.05, 0.1) is 0 Å². The monoisotopic (exact) mass is 318 g/mol. The minimum absolute atomic E-state index is 0.0737. The minimum atomic E-state index is -0.448. The van der Waals surface area contributed by atoms with E-state index in [4.69, 9.17) is 10.5 Å². The van der Waals surface area contributed by atoms with Crippen molar-refractivity contribution in [1.82, 2.24) is 4.90 Å². The van der Waals surface area contributed by atoms with Crippen molar-refractivity contribution in [1.29, 1.82) is 0 Å². The summed E-state index contributed by atoms with van der Waals surface area (Å²) in [6.45, 7) is 11.4. The Labute approximate surface area is 140 Å². The number of hydrogen-bond donors (Lipinski definition) is 1. The number of benzene rings is 1. The van der Waals surface area contributed by atoms with Gasteiger partial charge in [-0.15, -0.1) is 0 Å². The third-order valence-electron chi connectivity index (χ3n) is 4.52. The Bertz CT molecular complexity index is 563. The normalized spacial score (nSPS) is 19.7. The van der Waals surface area contributed by atoms with E-state index in [-0.39, 0.29) is 12.1 Å². The second kappa shape index (κ2) is 6.91. The lowest BCUT2D eigenvalue weighted by molar-refractivity contribution is 0.0286. The van der Waals surface area contributed by atoms with Crippen LogP contribution in [0.1, 0.15) is 43.9 Å². The van der Waals surface area contributed by atoms with Crippen LogP contribution < -0.4 is 5.73 Å². The number of aryl methyl sites for hydroxylation is 2. The maximum Gasteiger partial charge on any atom is 0.410 e. The topological polar surface area (TPSA) is 55.6 Å². The molecule has 0 bridgehead atoms. The molecule has 0 aromatic heterocycles. The van der Waals surface area contributed by atoms with Crippen molar-refractivity contribution in [2.24, 2.45) is 11.7 Å². The largest absolute Gasteiger partial charge is 0.444 e. The summed E-state index contributed by atoms with van der Waals surface area (Å²) in [6, 6.07) is 6.60. The molecule has 0 radical (unpaired) electrons. The van der Waals surface area contributed by atoms with E-state index in [1.165, 1.54) is 16.7 Å². The van der Waals surface area contributed by atoms with Crippen molar-refractivity contribution >= 4 is 6.09 Å². The van der Waals surface area contributed by atoms with Crippen molar-refractivity contribution < 1.29 is 9.53 Å². The first kappa shape index (κ1) is 17.8. The molecular weight excluding hydrogens is 288 g/mol. The van der Waals surface area contributed by atoms with Gasteiger partial charge < -0.3 is 15.4 Å². The lowest BCUT2D eigenvalue weighted by atomic mass is 9.92. The lowest BCUT2D eigenvalue weighted by Crippen LogP contribution is -2.38. The van der Waals surface area contributed by atoms with Gasteiger partial charge in [0.25, 0.3) is 0 Å². The summed E-state index contributed by atoms with van der Waals surface area (Å²) in [5.74, 6) is 0.337. The summed E-state index contributed by atoms with van der Waals surface area (Å²) in [4.78, 5) is 13.9. The second-order valence-electron chi connectivity index (χ2n) is 7.76. The molecule has 1 saturated heterocycles. The van der Waals surface area contributed by atoms with Gasteiger partial charge in [-0.1, -0.05) is 18.2 Å². The molecule has 1 aromatic rings. The number of ether oxygens (including phenoxy) is 1. The van der Waals surface area contributed by atoms with Crippen LogP contribution in [0.25, 0.3) is 0 Å². The highest BCUT2D eigenvalue weighted by Gasteiger charge is 2.32.